The fraction of sp³-hybridized carbons (Fsp3) is 0.235. The lowest BCUT2D eigenvalue weighted by Gasteiger charge is -2.08. The van der Waals surface area contributed by atoms with Gasteiger partial charge in [0.2, 0.25) is 0 Å². The lowest BCUT2D eigenvalue weighted by molar-refractivity contribution is 0.0947. The maximum atomic E-state index is 12.1. The molecule has 21 heavy (non-hydrogen) atoms. The molecule has 2 N–H and O–H groups in total. The normalized spacial score (nSPS) is 12.4. The summed E-state index contributed by atoms with van der Waals surface area (Å²) in [4.78, 5) is 12.1. The third-order valence-electron chi connectivity index (χ3n) is 3.48. The molecule has 2 aromatic carbocycles. The maximum Gasteiger partial charge on any atom is 0.251 e. The van der Waals surface area contributed by atoms with Crippen molar-refractivity contribution in [1.82, 2.24) is 5.32 Å². The molecule has 0 aromatic heterocycles. The Morgan fingerprint density at radius 2 is 2.05 bits per heavy atom. The van der Waals surface area contributed by atoms with Gasteiger partial charge in [-0.05, 0) is 36.2 Å². The molecule has 1 aliphatic rings. The average molecular weight is 282 g/mol. The minimum Gasteiger partial charge on any atom is -0.492 e. The predicted molar refractivity (Wildman–Crippen MR) is 82.9 cm³/mol. The molecule has 0 bridgehead atoms. The van der Waals surface area contributed by atoms with E-state index in [0.717, 1.165) is 24.4 Å². The molecule has 1 aliphatic heterocycles. The number of rotatable bonds is 5. The van der Waals surface area contributed by atoms with E-state index in [1.165, 1.54) is 5.56 Å². The van der Waals surface area contributed by atoms with E-state index in [0.29, 0.717) is 18.7 Å². The Morgan fingerprint density at radius 1 is 1.19 bits per heavy atom. The van der Waals surface area contributed by atoms with E-state index >= 15 is 0 Å². The summed E-state index contributed by atoms with van der Waals surface area (Å²) in [6.45, 7) is 1.89. The zero-order chi connectivity index (χ0) is 14.5. The number of fused-ring (bicyclic) bond motifs is 1. The van der Waals surface area contributed by atoms with Crippen LogP contribution in [0.1, 0.15) is 15.9 Å². The molecule has 0 radical (unpaired) electrons. The third kappa shape index (κ3) is 3.34. The molecule has 3 rings (SSSR count). The Bertz CT molecular complexity index is 626. The second-order valence-corrected chi connectivity index (χ2v) is 4.97. The molecule has 2 aromatic rings. The molecule has 1 heterocycles. The molecule has 0 aliphatic carbocycles. The van der Waals surface area contributed by atoms with Gasteiger partial charge in [-0.1, -0.05) is 24.3 Å². The Labute approximate surface area is 124 Å². The number of hydrogen-bond acceptors (Lipinski definition) is 3. The van der Waals surface area contributed by atoms with Crippen molar-refractivity contribution in [3.8, 4) is 5.75 Å². The van der Waals surface area contributed by atoms with Gasteiger partial charge >= 0.3 is 0 Å². The summed E-state index contributed by atoms with van der Waals surface area (Å²) >= 11 is 0. The fourth-order valence-electron chi connectivity index (χ4n) is 2.38. The average Bonchev–Trinajstić information content (AvgIpc) is 3.00. The summed E-state index contributed by atoms with van der Waals surface area (Å²) in [5.74, 6) is 0.747. The Balaban J connectivity index is 1.48. The van der Waals surface area contributed by atoms with Crippen LogP contribution >= 0.6 is 0 Å². The molecule has 0 unspecified atom stereocenters. The summed E-state index contributed by atoms with van der Waals surface area (Å²) < 4.78 is 5.54. The van der Waals surface area contributed by atoms with Gasteiger partial charge in [0.1, 0.15) is 12.4 Å². The smallest absolute Gasteiger partial charge is 0.251 e. The van der Waals surface area contributed by atoms with E-state index in [1.54, 1.807) is 0 Å². The molecule has 0 saturated heterocycles. The van der Waals surface area contributed by atoms with E-state index < -0.39 is 0 Å². The first-order valence-electron chi connectivity index (χ1n) is 7.16. The topological polar surface area (TPSA) is 50.4 Å². The van der Waals surface area contributed by atoms with Gasteiger partial charge in [-0.15, -0.1) is 0 Å². The third-order valence-corrected chi connectivity index (χ3v) is 3.48. The highest BCUT2D eigenvalue weighted by molar-refractivity contribution is 5.95. The van der Waals surface area contributed by atoms with Crippen molar-refractivity contribution in [3.05, 3.63) is 59.7 Å². The van der Waals surface area contributed by atoms with Gasteiger partial charge in [0.25, 0.3) is 5.91 Å². The van der Waals surface area contributed by atoms with Gasteiger partial charge in [-0.2, -0.15) is 0 Å². The summed E-state index contributed by atoms with van der Waals surface area (Å²) in [7, 11) is 0. The summed E-state index contributed by atoms with van der Waals surface area (Å²) in [6, 6.07) is 15.4. The molecular weight excluding hydrogens is 264 g/mol. The Morgan fingerprint density at radius 3 is 2.90 bits per heavy atom. The molecule has 4 heteroatoms. The van der Waals surface area contributed by atoms with Crippen LogP contribution in [0.2, 0.25) is 0 Å². The molecule has 0 spiro atoms. The van der Waals surface area contributed by atoms with Gasteiger partial charge in [-0.25, -0.2) is 0 Å². The van der Waals surface area contributed by atoms with E-state index in [4.69, 9.17) is 4.74 Å². The highest BCUT2D eigenvalue weighted by Gasteiger charge is 2.13. The molecular formula is C17H18N2O2. The van der Waals surface area contributed by atoms with Gasteiger partial charge in [0, 0.05) is 17.8 Å². The van der Waals surface area contributed by atoms with Crippen molar-refractivity contribution in [2.45, 2.75) is 6.42 Å². The van der Waals surface area contributed by atoms with Crippen LogP contribution in [0.15, 0.2) is 48.5 Å². The molecule has 4 nitrogen and oxygen atoms in total. The number of nitrogens with one attached hydrogen (secondary N) is 2. The summed E-state index contributed by atoms with van der Waals surface area (Å²) in [6.07, 6.45) is 1.03. The first kappa shape index (κ1) is 13.5. The van der Waals surface area contributed by atoms with Crippen molar-refractivity contribution in [2.75, 3.05) is 25.0 Å². The number of hydrogen-bond donors (Lipinski definition) is 2. The zero-order valence-corrected chi connectivity index (χ0v) is 11.8. The highest BCUT2D eigenvalue weighted by atomic mass is 16.5. The quantitative estimate of drug-likeness (QED) is 0.828. The number of ether oxygens (including phenoxy) is 1. The molecule has 0 saturated carbocycles. The Hall–Kier alpha value is -2.49. The SMILES string of the molecule is O=C(NCCOc1ccccc1)c1ccc2c(c1)NCC2. The largest absolute Gasteiger partial charge is 0.492 e. The summed E-state index contributed by atoms with van der Waals surface area (Å²) in [5.41, 5.74) is 3.03. The lowest BCUT2D eigenvalue weighted by atomic mass is 10.1. The number of para-hydroxylation sites is 1. The molecule has 0 fully saturated rings. The van der Waals surface area contributed by atoms with Gasteiger partial charge in [0.05, 0.1) is 6.54 Å². The first-order valence-corrected chi connectivity index (χ1v) is 7.16. The number of carbonyl (C=O) groups excluding carboxylic acids is 1. The Kier molecular flexibility index (Phi) is 4.05. The van der Waals surface area contributed by atoms with Gasteiger partial charge in [0.15, 0.2) is 0 Å². The standard InChI is InChI=1S/C17H18N2O2/c20-17(14-7-6-13-8-9-18-16(13)12-14)19-10-11-21-15-4-2-1-3-5-15/h1-7,12,18H,8-11H2,(H,19,20). The summed E-state index contributed by atoms with van der Waals surface area (Å²) in [5, 5.41) is 6.15. The number of benzene rings is 2. The first-order chi connectivity index (χ1) is 10.3. The predicted octanol–water partition coefficient (Wildman–Crippen LogP) is 2.46. The second-order valence-electron chi connectivity index (χ2n) is 4.97. The van der Waals surface area contributed by atoms with E-state index in [1.807, 2.05) is 48.5 Å². The maximum absolute atomic E-state index is 12.1. The van der Waals surface area contributed by atoms with Crippen molar-refractivity contribution in [3.63, 3.8) is 0 Å². The molecule has 1 amide bonds. The van der Waals surface area contributed by atoms with Crippen molar-refractivity contribution in [2.24, 2.45) is 0 Å². The van der Waals surface area contributed by atoms with Crippen LogP contribution in [0.4, 0.5) is 5.69 Å². The molecule has 0 atom stereocenters. The number of carbonyl (C=O) groups is 1. The lowest BCUT2D eigenvalue weighted by Crippen LogP contribution is -2.28. The van der Waals surface area contributed by atoms with Crippen LogP contribution in [-0.4, -0.2) is 25.6 Å². The highest BCUT2D eigenvalue weighted by Crippen LogP contribution is 2.23. The fourth-order valence-corrected chi connectivity index (χ4v) is 2.38. The van der Waals surface area contributed by atoms with Crippen molar-refractivity contribution >= 4 is 11.6 Å². The van der Waals surface area contributed by atoms with Crippen LogP contribution in [0.5, 0.6) is 5.75 Å². The number of anilines is 1. The molecule has 108 valence electrons. The van der Waals surface area contributed by atoms with Crippen molar-refractivity contribution in [1.29, 1.82) is 0 Å². The van der Waals surface area contributed by atoms with E-state index in [9.17, 15) is 4.79 Å². The van der Waals surface area contributed by atoms with Crippen LogP contribution in [0, 0.1) is 0 Å². The minimum absolute atomic E-state index is 0.0665. The van der Waals surface area contributed by atoms with E-state index in [-0.39, 0.29) is 5.91 Å². The monoisotopic (exact) mass is 282 g/mol. The van der Waals surface area contributed by atoms with Crippen LogP contribution in [0.25, 0.3) is 0 Å². The van der Waals surface area contributed by atoms with Gasteiger partial charge < -0.3 is 15.4 Å². The minimum atomic E-state index is -0.0665. The van der Waals surface area contributed by atoms with E-state index in [2.05, 4.69) is 10.6 Å². The van der Waals surface area contributed by atoms with Crippen LogP contribution in [-0.2, 0) is 6.42 Å². The zero-order valence-electron chi connectivity index (χ0n) is 11.8. The van der Waals surface area contributed by atoms with Gasteiger partial charge in [-0.3, -0.25) is 4.79 Å². The number of amides is 1. The van der Waals surface area contributed by atoms with Crippen LogP contribution in [0.3, 0.4) is 0 Å². The van der Waals surface area contributed by atoms with Crippen LogP contribution < -0.4 is 15.4 Å². The van der Waals surface area contributed by atoms with Crippen molar-refractivity contribution < 1.29 is 9.53 Å². The second kappa shape index (κ2) is 6.31.